The molecule has 158 valence electrons. The molecule has 3 aromatic rings. The molecule has 4 nitrogen and oxygen atoms in total. The summed E-state index contributed by atoms with van der Waals surface area (Å²) in [6.07, 6.45) is -3.73. The third-order valence-corrected chi connectivity index (χ3v) is 4.33. The molecule has 0 aliphatic heterocycles. The molecule has 0 saturated carbocycles. The quantitative estimate of drug-likeness (QED) is 0.416. The molecule has 0 radical (unpaired) electrons. The van der Waals surface area contributed by atoms with E-state index in [1.165, 1.54) is 6.20 Å². The van der Waals surface area contributed by atoms with Crippen LogP contribution in [0.3, 0.4) is 0 Å². The van der Waals surface area contributed by atoms with E-state index >= 15 is 0 Å². The molecule has 30 heavy (non-hydrogen) atoms. The number of hydrogen-bond acceptors (Lipinski definition) is 4. The SMILES string of the molecule is Cc1ccnc(-c2nc(Cl)c(Cc3c(F)cc(F)cc3F)c(NCC(F)(F)F)n2)c1. The number of nitrogens with zero attached hydrogens (tertiary/aromatic N) is 3. The molecule has 1 N–H and O–H groups in total. The average molecular weight is 447 g/mol. The Labute approximate surface area is 172 Å². The summed E-state index contributed by atoms with van der Waals surface area (Å²) in [4.78, 5) is 12.1. The van der Waals surface area contributed by atoms with Gasteiger partial charge in [0.25, 0.3) is 0 Å². The highest BCUT2D eigenvalue weighted by Gasteiger charge is 2.28. The lowest BCUT2D eigenvalue weighted by Gasteiger charge is -2.16. The van der Waals surface area contributed by atoms with Gasteiger partial charge < -0.3 is 5.32 Å². The molecule has 11 heteroatoms. The van der Waals surface area contributed by atoms with Crippen molar-refractivity contribution in [1.82, 2.24) is 15.0 Å². The van der Waals surface area contributed by atoms with Crippen LogP contribution in [-0.2, 0) is 6.42 Å². The summed E-state index contributed by atoms with van der Waals surface area (Å²) < 4.78 is 79.5. The Hall–Kier alpha value is -2.88. The number of aromatic nitrogens is 3. The largest absolute Gasteiger partial charge is 0.405 e. The van der Waals surface area contributed by atoms with Crippen LogP contribution in [0.1, 0.15) is 16.7 Å². The molecule has 3 rings (SSSR count). The fourth-order valence-corrected chi connectivity index (χ4v) is 2.87. The van der Waals surface area contributed by atoms with Crippen LogP contribution in [0.15, 0.2) is 30.5 Å². The topological polar surface area (TPSA) is 50.7 Å². The number of benzene rings is 1. The Kier molecular flexibility index (Phi) is 6.16. The van der Waals surface area contributed by atoms with Gasteiger partial charge in [-0.25, -0.2) is 23.1 Å². The number of hydrogen-bond donors (Lipinski definition) is 1. The molecule has 0 atom stereocenters. The zero-order valence-electron chi connectivity index (χ0n) is 15.3. The van der Waals surface area contributed by atoms with E-state index in [4.69, 9.17) is 11.6 Å². The van der Waals surface area contributed by atoms with E-state index in [0.717, 1.165) is 5.56 Å². The molecule has 0 aliphatic carbocycles. The Bertz CT molecular complexity index is 1060. The van der Waals surface area contributed by atoms with Gasteiger partial charge in [0.05, 0.1) is 0 Å². The van der Waals surface area contributed by atoms with Crippen molar-refractivity contribution in [3.05, 3.63) is 69.8 Å². The van der Waals surface area contributed by atoms with Gasteiger partial charge in [-0.1, -0.05) is 11.6 Å². The molecular formula is C19H13ClF6N4. The van der Waals surface area contributed by atoms with Crippen LogP contribution in [0.5, 0.6) is 0 Å². The van der Waals surface area contributed by atoms with Crippen LogP contribution in [-0.4, -0.2) is 27.7 Å². The lowest BCUT2D eigenvalue weighted by atomic mass is 10.0. The van der Waals surface area contributed by atoms with E-state index in [0.29, 0.717) is 12.1 Å². The van der Waals surface area contributed by atoms with Gasteiger partial charge >= 0.3 is 6.18 Å². The lowest BCUT2D eigenvalue weighted by molar-refractivity contribution is -0.115. The molecule has 0 amide bonds. The minimum Gasteiger partial charge on any atom is -0.361 e. The second kappa shape index (κ2) is 8.47. The molecule has 0 saturated heterocycles. The Balaban J connectivity index is 2.09. The molecule has 2 heterocycles. The summed E-state index contributed by atoms with van der Waals surface area (Å²) >= 11 is 6.14. The van der Waals surface area contributed by atoms with Gasteiger partial charge in [-0.15, -0.1) is 0 Å². The Morgan fingerprint density at radius 2 is 1.67 bits per heavy atom. The normalized spacial score (nSPS) is 11.6. The molecule has 0 fully saturated rings. The number of alkyl halides is 3. The van der Waals surface area contributed by atoms with Gasteiger partial charge in [-0.2, -0.15) is 13.2 Å². The number of anilines is 1. The first-order valence-corrected chi connectivity index (χ1v) is 8.85. The van der Waals surface area contributed by atoms with Crippen molar-refractivity contribution in [3.8, 4) is 11.5 Å². The lowest BCUT2D eigenvalue weighted by Crippen LogP contribution is -2.23. The number of halogens is 7. The minimum atomic E-state index is -4.59. The van der Waals surface area contributed by atoms with Crippen LogP contribution in [0.4, 0.5) is 32.2 Å². The summed E-state index contributed by atoms with van der Waals surface area (Å²) in [5, 5.41) is 1.76. The highest BCUT2D eigenvalue weighted by atomic mass is 35.5. The third kappa shape index (κ3) is 5.18. The first kappa shape index (κ1) is 21.8. The monoisotopic (exact) mass is 446 g/mol. The average Bonchev–Trinajstić information content (AvgIpc) is 2.63. The van der Waals surface area contributed by atoms with Gasteiger partial charge in [0.1, 0.15) is 40.7 Å². The van der Waals surface area contributed by atoms with Crippen LogP contribution in [0, 0.1) is 24.4 Å². The Morgan fingerprint density at radius 1 is 1.00 bits per heavy atom. The maximum Gasteiger partial charge on any atom is 0.405 e. The predicted octanol–water partition coefficient (Wildman–Crippen LogP) is 5.48. The van der Waals surface area contributed by atoms with E-state index in [1.807, 2.05) is 0 Å². The van der Waals surface area contributed by atoms with Crippen molar-refractivity contribution >= 4 is 17.4 Å². The van der Waals surface area contributed by atoms with E-state index in [1.54, 1.807) is 19.1 Å². The molecule has 0 bridgehead atoms. The fourth-order valence-electron chi connectivity index (χ4n) is 2.63. The summed E-state index contributed by atoms with van der Waals surface area (Å²) in [6, 6.07) is 4.21. The van der Waals surface area contributed by atoms with Gasteiger partial charge in [-0.3, -0.25) is 4.98 Å². The second-order valence-electron chi connectivity index (χ2n) is 6.38. The highest BCUT2D eigenvalue weighted by molar-refractivity contribution is 6.30. The highest BCUT2D eigenvalue weighted by Crippen LogP contribution is 2.30. The molecule has 2 aromatic heterocycles. The zero-order valence-corrected chi connectivity index (χ0v) is 16.0. The summed E-state index contributed by atoms with van der Waals surface area (Å²) in [7, 11) is 0. The van der Waals surface area contributed by atoms with Crippen LogP contribution < -0.4 is 5.32 Å². The standard InChI is InChI=1S/C19H13ClF6N4/c1-9-2-3-27-15(4-9)18-29-16(20)12(17(30-18)28-8-19(24,25)26)7-11-13(22)5-10(21)6-14(11)23/h2-6H,7-8H2,1H3,(H,28,29,30). The fraction of sp³-hybridized carbons (Fsp3) is 0.211. The minimum absolute atomic E-state index is 0.0721. The summed E-state index contributed by atoms with van der Waals surface area (Å²) in [6.45, 7) is 0.298. The first-order chi connectivity index (χ1) is 14.0. The van der Waals surface area contributed by atoms with E-state index in [2.05, 4.69) is 20.3 Å². The molecule has 0 aliphatic rings. The van der Waals surface area contributed by atoms with Crippen molar-refractivity contribution in [1.29, 1.82) is 0 Å². The number of nitrogens with one attached hydrogen (secondary N) is 1. The van der Waals surface area contributed by atoms with Gasteiger partial charge in [-0.05, 0) is 24.6 Å². The number of pyridine rings is 1. The van der Waals surface area contributed by atoms with Crippen molar-refractivity contribution in [2.45, 2.75) is 19.5 Å². The maximum absolute atomic E-state index is 14.0. The van der Waals surface area contributed by atoms with E-state index < -0.39 is 42.2 Å². The van der Waals surface area contributed by atoms with Crippen LogP contribution in [0.25, 0.3) is 11.5 Å². The number of rotatable bonds is 5. The second-order valence-corrected chi connectivity index (χ2v) is 6.74. The van der Waals surface area contributed by atoms with E-state index in [-0.39, 0.29) is 28.1 Å². The first-order valence-electron chi connectivity index (χ1n) is 8.47. The third-order valence-electron chi connectivity index (χ3n) is 4.02. The van der Waals surface area contributed by atoms with Crippen LogP contribution in [0.2, 0.25) is 5.15 Å². The Morgan fingerprint density at radius 3 is 2.27 bits per heavy atom. The van der Waals surface area contributed by atoms with E-state index in [9.17, 15) is 26.3 Å². The van der Waals surface area contributed by atoms with Gasteiger partial charge in [0, 0.05) is 35.9 Å². The summed E-state index contributed by atoms with van der Waals surface area (Å²) in [5.41, 5.74) is 0.279. The maximum atomic E-state index is 14.0. The molecular weight excluding hydrogens is 434 g/mol. The van der Waals surface area contributed by atoms with Crippen LogP contribution >= 0.6 is 11.6 Å². The van der Waals surface area contributed by atoms with Crippen molar-refractivity contribution in [2.75, 3.05) is 11.9 Å². The molecule has 0 unspecified atom stereocenters. The van der Waals surface area contributed by atoms with Gasteiger partial charge in [0.15, 0.2) is 5.82 Å². The number of aryl methyl sites for hydroxylation is 1. The molecule has 0 spiro atoms. The van der Waals surface area contributed by atoms with Gasteiger partial charge in [0.2, 0.25) is 0 Å². The van der Waals surface area contributed by atoms with Crippen molar-refractivity contribution in [2.24, 2.45) is 0 Å². The van der Waals surface area contributed by atoms with Crippen molar-refractivity contribution in [3.63, 3.8) is 0 Å². The van der Waals surface area contributed by atoms with Crippen molar-refractivity contribution < 1.29 is 26.3 Å². The molecule has 1 aromatic carbocycles. The zero-order chi connectivity index (χ0) is 22.1. The predicted molar refractivity (Wildman–Crippen MR) is 98.7 cm³/mol. The smallest absolute Gasteiger partial charge is 0.361 e. The summed E-state index contributed by atoms with van der Waals surface area (Å²) in [5.74, 6) is -4.00.